The van der Waals surface area contributed by atoms with Gasteiger partial charge in [0.25, 0.3) is 0 Å². The number of primary amides is 1. The van der Waals surface area contributed by atoms with E-state index in [0.29, 0.717) is 44.1 Å². The molecule has 0 bridgehead atoms. The van der Waals surface area contributed by atoms with Gasteiger partial charge in [-0.05, 0) is 106 Å². The fourth-order valence-corrected chi connectivity index (χ4v) is 8.63. The zero-order chi connectivity index (χ0) is 64.7. The molecule has 0 aromatic heterocycles. The van der Waals surface area contributed by atoms with Crippen molar-refractivity contribution in [1.82, 2.24) is 47.9 Å². The summed E-state index contributed by atoms with van der Waals surface area (Å²) in [5.74, 6) is -14.0. The number of aliphatic hydroxyl groups excluding tert-OH is 1. The highest BCUT2D eigenvalue weighted by Crippen LogP contribution is 2.17. The van der Waals surface area contributed by atoms with E-state index in [0.717, 1.165) is 0 Å². The topological polar surface area (TPSA) is 498 Å². The first-order valence-corrected chi connectivity index (χ1v) is 29.0. The Bertz CT molecular complexity index is 2380. The van der Waals surface area contributed by atoms with Crippen molar-refractivity contribution in [2.75, 3.05) is 19.7 Å². The molecule has 1 rings (SSSR count). The number of phenolic OH excluding ortho intramolecular Hbond substituents is 1. The lowest BCUT2D eigenvalue weighted by Crippen LogP contribution is -2.62. The van der Waals surface area contributed by atoms with Crippen molar-refractivity contribution in [2.45, 2.75) is 199 Å². The zero-order valence-corrected chi connectivity index (χ0v) is 50.2. The normalized spacial score (nSPS) is 15.5. The Morgan fingerprint density at radius 1 is 0.494 bits per heavy atom. The van der Waals surface area contributed by atoms with Gasteiger partial charge < -0.3 is 91.2 Å². The maximum Gasteiger partial charge on any atom is 0.326 e. The van der Waals surface area contributed by atoms with E-state index >= 15 is 0 Å². The third-order valence-corrected chi connectivity index (χ3v) is 14.2. The second-order valence-corrected chi connectivity index (χ2v) is 22.1. The number of carboxylic acids is 2. The number of benzene rings is 1. The van der Waals surface area contributed by atoms with Gasteiger partial charge in [0.05, 0.1) is 13.0 Å². The van der Waals surface area contributed by atoms with Crippen molar-refractivity contribution in [3.63, 3.8) is 0 Å². The van der Waals surface area contributed by atoms with E-state index in [1.165, 1.54) is 24.3 Å². The number of carbonyl (C=O) groups excluding carboxylic acids is 10. The number of aliphatic hydroxyl groups is 1. The first-order chi connectivity index (χ1) is 39.9. The largest absolute Gasteiger partial charge is 0.508 e. The van der Waals surface area contributed by atoms with Gasteiger partial charge in [-0.15, -0.1) is 0 Å². The molecule has 29 heteroatoms. The van der Waals surface area contributed by atoms with Crippen LogP contribution in [0.1, 0.15) is 138 Å². The number of hydrogen-bond acceptors (Lipinski definition) is 17. The number of aliphatic carboxylic acids is 2. The number of aromatic hydroxyl groups is 1. The maximum absolute atomic E-state index is 14.6. The van der Waals surface area contributed by atoms with Crippen LogP contribution in [0, 0.1) is 23.7 Å². The van der Waals surface area contributed by atoms with Crippen LogP contribution in [-0.2, 0) is 64.0 Å². The maximum atomic E-state index is 14.6. The van der Waals surface area contributed by atoms with Crippen LogP contribution in [0.25, 0.3) is 0 Å². The number of hydrogen-bond donors (Lipinski definition) is 17. The van der Waals surface area contributed by atoms with E-state index in [9.17, 15) is 72.9 Å². The number of carboxylic acid groups (broad SMARTS) is 2. The lowest BCUT2D eigenvalue weighted by Gasteiger charge is -2.31. The molecular formula is C56H95N13O16. The molecule has 12 atom stereocenters. The van der Waals surface area contributed by atoms with Crippen LogP contribution in [-0.4, -0.2) is 172 Å². The summed E-state index contributed by atoms with van der Waals surface area (Å²) in [6.45, 7) is 13.3. The first-order valence-electron chi connectivity index (χ1n) is 29.0. The predicted molar refractivity (Wildman–Crippen MR) is 312 cm³/mol. The second-order valence-electron chi connectivity index (χ2n) is 22.1. The number of nitrogens with one attached hydrogen (secondary N) is 9. The molecule has 480 valence electrons. The minimum absolute atomic E-state index is 0.00538. The Morgan fingerprint density at radius 2 is 0.894 bits per heavy atom. The molecular weight excluding hydrogens is 1110 g/mol. The number of phenols is 1. The smallest absolute Gasteiger partial charge is 0.326 e. The van der Waals surface area contributed by atoms with Gasteiger partial charge in [0.2, 0.25) is 59.1 Å². The Morgan fingerprint density at radius 3 is 1.34 bits per heavy atom. The zero-order valence-electron chi connectivity index (χ0n) is 50.2. The quantitative estimate of drug-likeness (QED) is 0.0301. The van der Waals surface area contributed by atoms with Gasteiger partial charge in [-0.1, -0.05) is 80.4 Å². The van der Waals surface area contributed by atoms with Crippen LogP contribution in [0.15, 0.2) is 24.3 Å². The molecule has 29 nitrogen and oxygen atoms in total. The van der Waals surface area contributed by atoms with Gasteiger partial charge in [-0.2, -0.15) is 0 Å². The minimum atomic E-state index is -1.71. The molecule has 0 fully saturated rings. The highest BCUT2D eigenvalue weighted by atomic mass is 16.4. The van der Waals surface area contributed by atoms with E-state index in [4.69, 9.17) is 28.0 Å². The number of amides is 10. The van der Waals surface area contributed by atoms with Crippen LogP contribution in [0.5, 0.6) is 5.75 Å². The van der Waals surface area contributed by atoms with Crippen LogP contribution in [0.4, 0.5) is 0 Å². The molecule has 0 radical (unpaired) electrons. The van der Waals surface area contributed by atoms with Crippen molar-refractivity contribution < 1.29 is 78.0 Å². The van der Waals surface area contributed by atoms with Crippen molar-refractivity contribution in [3.05, 3.63) is 29.8 Å². The minimum Gasteiger partial charge on any atom is -0.508 e. The van der Waals surface area contributed by atoms with Crippen molar-refractivity contribution in [2.24, 2.45) is 46.6 Å². The Labute approximate surface area is 496 Å². The SMILES string of the molecule is CC[C@H](C)[C@H](NC(=O)[C@H](Cc1ccc(O)cc1)NC(=O)[C@H](CC(N)=O)NC(=O)[C@H](CC(C)C)NC(=O)[C@@H](N)CO)C(=O)N[C@H](C(=O)N[C@@H](CCCCN)C(=O)N[C@H](C(=O)N[C@@H](CCCCN)C(=O)N[C@@H](CCC(=O)O)C(=O)O)C(C)C)[C@@H](C)CC. The van der Waals surface area contributed by atoms with E-state index in [1.807, 2.05) is 0 Å². The third kappa shape index (κ3) is 27.8. The van der Waals surface area contributed by atoms with Crippen molar-refractivity contribution in [3.8, 4) is 5.75 Å². The molecule has 0 aliphatic heterocycles. The fourth-order valence-electron chi connectivity index (χ4n) is 8.63. The van der Waals surface area contributed by atoms with Crippen LogP contribution >= 0.6 is 0 Å². The van der Waals surface area contributed by atoms with Crippen molar-refractivity contribution >= 4 is 71.0 Å². The molecule has 1 aromatic carbocycles. The number of unbranched alkanes of at least 4 members (excludes halogenated alkanes) is 2. The van der Waals surface area contributed by atoms with E-state index in [-0.39, 0.29) is 50.4 Å². The van der Waals surface area contributed by atoms with Crippen LogP contribution in [0.3, 0.4) is 0 Å². The molecule has 0 unspecified atom stereocenters. The van der Waals surface area contributed by atoms with Gasteiger partial charge >= 0.3 is 11.9 Å². The number of carbonyl (C=O) groups is 12. The van der Waals surface area contributed by atoms with Gasteiger partial charge in [-0.3, -0.25) is 52.7 Å². The number of rotatable bonds is 42. The lowest BCUT2D eigenvalue weighted by molar-refractivity contribution is -0.143. The van der Waals surface area contributed by atoms with E-state index < -0.39 is 175 Å². The molecule has 0 saturated heterocycles. The summed E-state index contributed by atoms with van der Waals surface area (Å²) in [7, 11) is 0. The Hall–Kier alpha value is -7.50. The Balaban J connectivity index is 3.66. The average molecular weight is 1210 g/mol. The summed E-state index contributed by atoms with van der Waals surface area (Å²) in [4.78, 5) is 161. The summed E-state index contributed by atoms with van der Waals surface area (Å²) in [6, 6.07) is -8.64. The van der Waals surface area contributed by atoms with Gasteiger partial charge in [-0.25, -0.2) is 4.79 Å². The second kappa shape index (κ2) is 39.2. The monoisotopic (exact) mass is 1210 g/mol. The summed E-state index contributed by atoms with van der Waals surface area (Å²) < 4.78 is 0. The summed E-state index contributed by atoms with van der Waals surface area (Å²) >= 11 is 0. The average Bonchev–Trinajstić information content (AvgIpc) is 3.26. The Kier molecular flexibility index (Phi) is 34.8. The third-order valence-electron chi connectivity index (χ3n) is 14.2. The lowest BCUT2D eigenvalue weighted by atomic mass is 9.94. The van der Waals surface area contributed by atoms with E-state index in [1.54, 1.807) is 55.4 Å². The van der Waals surface area contributed by atoms with Crippen LogP contribution in [0.2, 0.25) is 0 Å². The molecule has 10 amide bonds. The highest BCUT2D eigenvalue weighted by Gasteiger charge is 2.38. The van der Waals surface area contributed by atoms with Gasteiger partial charge in [0, 0.05) is 12.8 Å². The molecule has 1 aromatic rings. The number of nitrogens with two attached hydrogens (primary N) is 4. The summed E-state index contributed by atoms with van der Waals surface area (Å²) in [5.41, 5.74) is 23.0. The predicted octanol–water partition coefficient (Wildman–Crippen LogP) is -2.51. The summed E-state index contributed by atoms with van der Waals surface area (Å²) in [6.07, 6.45) is 0.130. The molecule has 0 heterocycles. The molecule has 0 saturated carbocycles. The fraction of sp³-hybridized carbons (Fsp3) is 0.679. The molecule has 85 heavy (non-hydrogen) atoms. The van der Waals surface area contributed by atoms with Gasteiger partial charge in [0.15, 0.2) is 0 Å². The van der Waals surface area contributed by atoms with E-state index in [2.05, 4.69) is 47.9 Å². The van der Waals surface area contributed by atoms with Crippen molar-refractivity contribution in [1.29, 1.82) is 0 Å². The van der Waals surface area contributed by atoms with Crippen LogP contribution < -0.4 is 70.8 Å². The highest BCUT2D eigenvalue weighted by molar-refractivity contribution is 5.99. The molecule has 0 aliphatic carbocycles. The summed E-state index contributed by atoms with van der Waals surface area (Å²) in [5, 5.41) is 61.4. The molecule has 0 spiro atoms. The molecule has 0 aliphatic rings. The first kappa shape index (κ1) is 75.5. The van der Waals surface area contributed by atoms with Gasteiger partial charge in [0.1, 0.15) is 66.2 Å². The molecule has 21 N–H and O–H groups in total. The standard InChI is InChI=1S/C56H95N13O16/c1-9-31(7)45(54(82)62-37(16-12-14-24-58)49(77)67-44(30(5)6)53(81)61-36(15-11-13-23-57)48(76)63-38(56(84)85)21-22-43(73)74)69-55(83)46(32(8)10-2)68-52(80)40(26-33-17-19-34(71)20-18-33)65-51(79)41(27-42(60)72)66-50(78)39(25-29(3)4)64-47(75)35(59)28-70/h17-20,29-32,35-41,44-46,70-71H,9-16,21-28,57-59H2,1-8H3,(H2,60,72)(H,61,81)(H,62,82)(H,63,76)(H,64,75)(H,65,79)(H,66,78)(H,67,77)(H,68,80)(H,69,83)(H,73,74)(H,84,85)/t31-,32-,35-,36-,37-,38-,39-,40-,41-,44-,45-,46-/m0/s1.